The van der Waals surface area contributed by atoms with Gasteiger partial charge in [-0.2, -0.15) is 4.68 Å². The molecule has 0 aliphatic carbocycles. The van der Waals surface area contributed by atoms with Gasteiger partial charge in [0.25, 0.3) is 0 Å². The van der Waals surface area contributed by atoms with E-state index in [0.717, 1.165) is 29.7 Å². The second-order valence-corrected chi connectivity index (χ2v) is 7.35. The summed E-state index contributed by atoms with van der Waals surface area (Å²) < 4.78 is 13.1. The van der Waals surface area contributed by atoms with Gasteiger partial charge < -0.3 is 14.8 Å². The minimum absolute atomic E-state index is 0.186. The third-order valence-corrected chi connectivity index (χ3v) is 5.09. The fraction of sp³-hybridized carbons (Fsp3) is 0.304. The standard InChI is InChI=1S/C23H25N5O3/c1-3-4-13-30-19-12-8-11-18(14-19)21-20(16(2)24-23-25-26-27-28(21)23)22(29)31-15-17-9-6-5-7-10-17/h5-12,14,21H,3-4,13,15H2,1-2H3,(H,24,25,27). The SMILES string of the molecule is CCCCOc1cccc(C2C(C(=O)OCc3ccccc3)=C(C)Nc3nnnn32)c1. The molecule has 1 unspecified atom stereocenters. The smallest absolute Gasteiger partial charge is 0.338 e. The summed E-state index contributed by atoms with van der Waals surface area (Å²) in [5.74, 6) is 0.797. The first-order valence-electron chi connectivity index (χ1n) is 10.4. The van der Waals surface area contributed by atoms with Crippen LogP contribution in [0, 0.1) is 0 Å². The van der Waals surface area contributed by atoms with Crippen LogP contribution in [0.5, 0.6) is 5.75 Å². The first kappa shape index (κ1) is 20.6. The van der Waals surface area contributed by atoms with Gasteiger partial charge in [0.05, 0.1) is 12.2 Å². The highest BCUT2D eigenvalue weighted by molar-refractivity contribution is 5.92. The molecule has 0 radical (unpaired) electrons. The van der Waals surface area contributed by atoms with Crippen LogP contribution in [-0.4, -0.2) is 32.8 Å². The number of aromatic nitrogens is 4. The van der Waals surface area contributed by atoms with Crippen molar-refractivity contribution < 1.29 is 14.3 Å². The van der Waals surface area contributed by atoms with E-state index in [1.54, 1.807) is 4.68 Å². The molecule has 1 atom stereocenters. The Morgan fingerprint density at radius 3 is 2.81 bits per heavy atom. The summed E-state index contributed by atoms with van der Waals surface area (Å²) in [5.41, 5.74) is 2.88. The largest absolute Gasteiger partial charge is 0.494 e. The van der Waals surface area contributed by atoms with Crippen LogP contribution in [0.1, 0.15) is 43.9 Å². The van der Waals surface area contributed by atoms with E-state index in [9.17, 15) is 4.79 Å². The molecule has 2 heterocycles. The summed E-state index contributed by atoms with van der Waals surface area (Å²) >= 11 is 0. The number of benzene rings is 2. The molecule has 8 heteroatoms. The number of anilines is 1. The number of allylic oxidation sites excluding steroid dienone is 1. The molecular weight excluding hydrogens is 394 g/mol. The number of fused-ring (bicyclic) bond motifs is 1. The number of ether oxygens (including phenoxy) is 2. The lowest BCUT2D eigenvalue weighted by atomic mass is 9.95. The van der Waals surface area contributed by atoms with Crippen LogP contribution in [-0.2, 0) is 16.1 Å². The highest BCUT2D eigenvalue weighted by atomic mass is 16.5. The number of hydrogen-bond acceptors (Lipinski definition) is 7. The van der Waals surface area contributed by atoms with Gasteiger partial charge in [-0.1, -0.05) is 60.9 Å². The summed E-state index contributed by atoms with van der Waals surface area (Å²) in [4.78, 5) is 13.2. The van der Waals surface area contributed by atoms with Crippen LogP contribution in [0.15, 0.2) is 65.9 Å². The quantitative estimate of drug-likeness (QED) is 0.437. The molecule has 0 saturated carbocycles. The van der Waals surface area contributed by atoms with Gasteiger partial charge in [0.1, 0.15) is 18.4 Å². The van der Waals surface area contributed by atoms with E-state index in [4.69, 9.17) is 9.47 Å². The molecule has 3 aromatic rings. The van der Waals surface area contributed by atoms with Crippen LogP contribution < -0.4 is 10.1 Å². The zero-order valence-electron chi connectivity index (χ0n) is 17.6. The summed E-state index contributed by atoms with van der Waals surface area (Å²) in [7, 11) is 0. The highest BCUT2D eigenvalue weighted by Crippen LogP contribution is 2.36. The van der Waals surface area contributed by atoms with E-state index in [1.165, 1.54) is 0 Å². The molecule has 0 spiro atoms. The Bertz CT molecular complexity index is 1080. The Morgan fingerprint density at radius 1 is 1.16 bits per heavy atom. The summed E-state index contributed by atoms with van der Waals surface area (Å²) in [6.45, 7) is 4.77. The molecule has 0 bridgehead atoms. The first-order valence-corrected chi connectivity index (χ1v) is 10.4. The van der Waals surface area contributed by atoms with Crippen molar-refractivity contribution in [3.63, 3.8) is 0 Å². The van der Waals surface area contributed by atoms with Gasteiger partial charge in [0.2, 0.25) is 5.95 Å². The maximum Gasteiger partial charge on any atom is 0.338 e. The zero-order chi connectivity index (χ0) is 21.6. The third-order valence-electron chi connectivity index (χ3n) is 5.09. The Morgan fingerprint density at radius 2 is 2.00 bits per heavy atom. The van der Waals surface area contributed by atoms with Gasteiger partial charge in [-0.25, -0.2) is 4.79 Å². The molecule has 1 aliphatic heterocycles. The first-order chi connectivity index (χ1) is 15.2. The van der Waals surface area contributed by atoms with Crippen LogP contribution in [0.4, 0.5) is 5.95 Å². The molecule has 1 aromatic heterocycles. The molecule has 0 fully saturated rings. The molecule has 1 aliphatic rings. The summed E-state index contributed by atoms with van der Waals surface area (Å²) in [6, 6.07) is 16.7. The number of nitrogens with one attached hydrogen (secondary N) is 1. The van der Waals surface area contributed by atoms with Crippen molar-refractivity contribution in [3.05, 3.63) is 77.0 Å². The molecule has 160 valence electrons. The van der Waals surface area contributed by atoms with Gasteiger partial charge in [-0.05, 0) is 47.0 Å². The zero-order valence-corrected chi connectivity index (χ0v) is 17.6. The number of tetrazole rings is 1. The lowest BCUT2D eigenvalue weighted by Gasteiger charge is -2.27. The lowest BCUT2D eigenvalue weighted by molar-refractivity contribution is -0.140. The molecule has 8 nitrogen and oxygen atoms in total. The Hall–Kier alpha value is -3.68. The maximum atomic E-state index is 13.2. The summed E-state index contributed by atoms with van der Waals surface area (Å²) in [5, 5.41) is 15.0. The fourth-order valence-corrected chi connectivity index (χ4v) is 3.49. The van der Waals surface area contributed by atoms with Gasteiger partial charge in [0, 0.05) is 5.70 Å². The number of rotatable bonds is 8. The van der Waals surface area contributed by atoms with Gasteiger partial charge in [-0.15, -0.1) is 0 Å². The number of esters is 1. The second-order valence-electron chi connectivity index (χ2n) is 7.35. The van der Waals surface area contributed by atoms with Gasteiger partial charge >= 0.3 is 5.97 Å². The molecule has 0 amide bonds. The van der Waals surface area contributed by atoms with Gasteiger partial charge in [-0.3, -0.25) is 0 Å². The average Bonchev–Trinajstić information content (AvgIpc) is 3.25. The number of nitrogens with zero attached hydrogens (tertiary/aromatic N) is 4. The van der Waals surface area contributed by atoms with E-state index < -0.39 is 12.0 Å². The van der Waals surface area contributed by atoms with Crippen molar-refractivity contribution in [2.75, 3.05) is 11.9 Å². The topological polar surface area (TPSA) is 91.2 Å². The van der Waals surface area contributed by atoms with Crippen molar-refractivity contribution >= 4 is 11.9 Å². The fourth-order valence-electron chi connectivity index (χ4n) is 3.49. The van der Waals surface area contributed by atoms with Crippen molar-refractivity contribution in [2.24, 2.45) is 0 Å². The minimum atomic E-state index is -0.524. The van der Waals surface area contributed by atoms with Crippen LogP contribution in [0.3, 0.4) is 0 Å². The Kier molecular flexibility index (Phi) is 6.26. The second kappa shape index (κ2) is 9.42. The average molecular weight is 419 g/mol. The van der Waals surface area contributed by atoms with E-state index in [-0.39, 0.29) is 6.61 Å². The number of unbranched alkanes of at least 4 members (excludes halogenated alkanes) is 1. The van der Waals surface area contributed by atoms with Crippen LogP contribution >= 0.6 is 0 Å². The van der Waals surface area contributed by atoms with E-state index >= 15 is 0 Å². The number of hydrogen-bond donors (Lipinski definition) is 1. The van der Waals surface area contributed by atoms with Crippen molar-refractivity contribution in [1.29, 1.82) is 0 Å². The molecular formula is C23H25N5O3. The molecule has 1 N–H and O–H groups in total. The normalized spacial score (nSPS) is 15.2. The number of carbonyl (C=O) groups is 1. The molecule has 4 rings (SSSR count). The highest BCUT2D eigenvalue weighted by Gasteiger charge is 2.35. The minimum Gasteiger partial charge on any atom is -0.494 e. The Balaban J connectivity index is 1.63. The number of carbonyl (C=O) groups excluding carboxylic acids is 1. The third kappa shape index (κ3) is 4.58. The van der Waals surface area contributed by atoms with E-state index in [0.29, 0.717) is 23.8 Å². The van der Waals surface area contributed by atoms with Crippen molar-refractivity contribution in [3.8, 4) is 5.75 Å². The van der Waals surface area contributed by atoms with Crippen molar-refractivity contribution in [1.82, 2.24) is 20.2 Å². The lowest BCUT2D eigenvalue weighted by Crippen LogP contribution is -2.29. The maximum absolute atomic E-state index is 13.2. The monoisotopic (exact) mass is 419 g/mol. The van der Waals surface area contributed by atoms with E-state index in [2.05, 4.69) is 27.8 Å². The van der Waals surface area contributed by atoms with Crippen LogP contribution in [0.2, 0.25) is 0 Å². The van der Waals surface area contributed by atoms with E-state index in [1.807, 2.05) is 61.5 Å². The van der Waals surface area contributed by atoms with Gasteiger partial charge in [0.15, 0.2) is 0 Å². The molecule has 31 heavy (non-hydrogen) atoms. The summed E-state index contributed by atoms with van der Waals surface area (Å²) in [6.07, 6.45) is 2.03. The van der Waals surface area contributed by atoms with Crippen molar-refractivity contribution in [2.45, 2.75) is 39.3 Å². The molecule has 2 aromatic carbocycles. The Labute approximate surface area is 180 Å². The predicted octanol–water partition coefficient (Wildman–Crippen LogP) is 3.88. The van der Waals surface area contributed by atoms with Crippen LogP contribution in [0.25, 0.3) is 0 Å². The predicted molar refractivity (Wildman–Crippen MR) is 115 cm³/mol. The molecule has 0 saturated heterocycles.